The van der Waals surface area contributed by atoms with E-state index in [1.165, 1.54) is 16.7 Å². The van der Waals surface area contributed by atoms with E-state index in [9.17, 15) is 0 Å². The second-order valence-electron chi connectivity index (χ2n) is 5.54. The van der Waals surface area contributed by atoms with Crippen LogP contribution in [0.15, 0.2) is 41.0 Å². The number of hydrogen-bond donors (Lipinski definition) is 1. The fraction of sp³-hybridized carbons (Fsp3) is 0.389. The number of halogens is 1. The monoisotopic (exact) mass is 346 g/mol. The van der Waals surface area contributed by atoms with Crippen molar-refractivity contribution in [3.63, 3.8) is 0 Å². The minimum Gasteiger partial charge on any atom is -0.308 e. The van der Waals surface area contributed by atoms with E-state index in [2.05, 4.69) is 77.3 Å². The molecule has 1 aromatic heterocycles. The van der Waals surface area contributed by atoms with Crippen LogP contribution >= 0.6 is 15.9 Å². The maximum absolute atomic E-state index is 4.57. The number of aromatic nitrogens is 1. The first kappa shape index (κ1) is 16.2. The van der Waals surface area contributed by atoms with Crippen LogP contribution in [0, 0.1) is 13.8 Å². The summed E-state index contributed by atoms with van der Waals surface area (Å²) in [7, 11) is 0. The predicted octanol–water partition coefficient (Wildman–Crippen LogP) is 4.74. The van der Waals surface area contributed by atoms with Gasteiger partial charge in [0.2, 0.25) is 0 Å². The van der Waals surface area contributed by atoms with E-state index in [-0.39, 0.29) is 6.04 Å². The molecule has 3 heteroatoms. The molecule has 1 aromatic carbocycles. The fourth-order valence-corrected chi connectivity index (χ4v) is 2.67. The van der Waals surface area contributed by atoms with Gasteiger partial charge in [0.15, 0.2) is 0 Å². The first-order valence-electron chi connectivity index (χ1n) is 7.51. The summed E-state index contributed by atoms with van der Waals surface area (Å²) in [6.45, 7) is 7.53. The number of nitrogens with one attached hydrogen (secondary N) is 1. The Hall–Kier alpha value is -1.19. The van der Waals surface area contributed by atoms with Gasteiger partial charge in [-0.25, -0.2) is 0 Å². The lowest BCUT2D eigenvalue weighted by Crippen LogP contribution is -2.25. The van der Waals surface area contributed by atoms with Gasteiger partial charge in [-0.3, -0.25) is 4.98 Å². The zero-order chi connectivity index (χ0) is 15.2. The molecule has 0 amide bonds. The van der Waals surface area contributed by atoms with E-state index >= 15 is 0 Å². The van der Waals surface area contributed by atoms with Gasteiger partial charge in [0.1, 0.15) is 0 Å². The first-order valence-corrected chi connectivity index (χ1v) is 8.30. The lowest BCUT2D eigenvalue weighted by molar-refractivity contribution is 0.517. The molecule has 0 spiro atoms. The van der Waals surface area contributed by atoms with Gasteiger partial charge in [0.25, 0.3) is 0 Å². The smallest absolute Gasteiger partial charge is 0.0577 e. The number of hydrogen-bond acceptors (Lipinski definition) is 2. The van der Waals surface area contributed by atoms with Gasteiger partial charge in [0, 0.05) is 10.7 Å². The molecule has 1 atom stereocenters. The summed E-state index contributed by atoms with van der Waals surface area (Å²) >= 11 is 3.45. The van der Waals surface area contributed by atoms with Crippen molar-refractivity contribution in [2.24, 2.45) is 0 Å². The van der Waals surface area contributed by atoms with Gasteiger partial charge in [-0.05, 0) is 72.4 Å². The van der Waals surface area contributed by atoms with Crippen molar-refractivity contribution in [1.82, 2.24) is 10.3 Å². The maximum atomic E-state index is 4.57. The summed E-state index contributed by atoms with van der Waals surface area (Å²) in [5.74, 6) is 0. The van der Waals surface area contributed by atoms with Crippen LogP contribution in [0.4, 0.5) is 0 Å². The van der Waals surface area contributed by atoms with Gasteiger partial charge >= 0.3 is 0 Å². The Labute approximate surface area is 136 Å². The highest BCUT2D eigenvalue weighted by atomic mass is 79.9. The molecule has 0 radical (unpaired) electrons. The Balaban J connectivity index is 2.23. The van der Waals surface area contributed by atoms with Gasteiger partial charge in [-0.15, -0.1) is 0 Å². The molecule has 2 aromatic rings. The van der Waals surface area contributed by atoms with E-state index < -0.39 is 0 Å². The van der Waals surface area contributed by atoms with Crippen molar-refractivity contribution in [2.45, 2.75) is 39.7 Å². The number of aryl methyl sites for hydroxylation is 2. The Morgan fingerprint density at radius 3 is 2.67 bits per heavy atom. The van der Waals surface area contributed by atoms with Crippen LogP contribution in [0.1, 0.15) is 41.8 Å². The van der Waals surface area contributed by atoms with E-state index in [1.54, 1.807) is 0 Å². The molecular weight excluding hydrogens is 324 g/mol. The van der Waals surface area contributed by atoms with Crippen LogP contribution in [0.25, 0.3) is 0 Å². The molecule has 0 aliphatic heterocycles. The van der Waals surface area contributed by atoms with Crippen LogP contribution in [-0.4, -0.2) is 11.5 Å². The zero-order valence-corrected chi connectivity index (χ0v) is 14.6. The summed E-state index contributed by atoms with van der Waals surface area (Å²) in [5, 5.41) is 3.62. The lowest BCUT2D eigenvalue weighted by atomic mass is 9.97. The van der Waals surface area contributed by atoms with Gasteiger partial charge < -0.3 is 5.32 Å². The Morgan fingerprint density at radius 2 is 2.00 bits per heavy atom. The fourth-order valence-electron chi connectivity index (χ4n) is 2.43. The second-order valence-corrected chi connectivity index (χ2v) is 6.46. The van der Waals surface area contributed by atoms with Crippen molar-refractivity contribution in [2.75, 3.05) is 6.54 Å². The van der Waals surface area contributed by atoms with Crippen LogP contribution in [0.3, 0.4) is 0 Å². The molecule has 112 valence electrons. The quantitative estimate of drug-likeness (QED) is 0.816. The molecule has 2 rings (SSSR count). The predicted molar refractivity (Wildman–Crippen MR) is 92.6 cm³/mol. The molecule has 1 heterocycles. The summed E-state index contributed by atoms with van der Waals surface area (Å²) < 4.78 is 1.02. The normalized spacial score (nSPS) is 12.4. The number of benzene rings is 1. The minimum absolute atomic E-state index is 0.263. The van der Waals surface area contributed by atoms with Crippen LogP contribution < -0.4 is 5.32 Å². The van der Waals surface area contributed by atoms with Crippen LogP contribution in [-0.2, 0) is 6.42 Å². The highest BCUT2D eigenvalue weighted by Gasteiger charge is 2.14. The number of nitrogens with zero attached hydrogens (tertiary/aromatic N) is 1. The highest BCUT2D eigenvalue weighted by Crippen LogP contribution is 2.21. The third-order valence-corrected chi connectivity index (χ3v) is 4.15. The van der Waals surface area contributed by atoms with Gasteiger partial charge in [-0.1, -0.05) is 30.7 Å². The van der Waals surface area contributed by atoms with Crippen molar-refractivity contribution >= 4 is 15.9 Å². The molecule has 2 nitrogen and oxygen atoms in total. The Bertz CT molecular complexity index is 578. The molecule has 1 N–H and O–H groups in total. The number of pyridine rings is 1. The van der Waals surface area contributed by atoms with Crippen molar-refractivity contribution in [1.29, 1.82) is 0 Å². The standard InChI is InChI=1S/C18H23BrN2/c1-4-9-20-18(17-8-7-16(19)12-21-17)11-15-10-13(2)5-6-14(15)3/h5-8,10,12,18,20H,4,9,11H2,1-3H3. The molecule has 1 unspecified atom stereocenters. The molecule has 0 aliphatic rings. The van der Waals surface area contributed by atoms with E-state index in [4.69, 9.17) is 0 Å². The molecule has 0 saturated carbocycles. The third-order valence-electron chi connectivity index (χ3n) is 3.68. The zero-order valence-electron chi connectivity index (χ0n) is 13.0. The maximum Gasteiger partial charge on any atom is 0.0577 e. The average Bonchev–Trinajstić information content (AvgIpc) is 2.48. The highest BCUT2D eigenvalue weighted by molar-refractivity contribution is 9.10. The van der Waals surface area contributed by atoms with E-state index in [0.29, 0.717) is 0 Å². The van der Waals surface area contributed by atoms with E-state index in [0.717, 1.165) is 29.6 Å². The molecule has 21 heavy (non-hydrogen) atoms. The molecule has 0 aliphatic carbocycles. The molecule has 0 bridgehead atoms. The molecular formula is C18H23BrN2. The second kappa shape index (κ2) is 7.71. The van der Waals surface area contributed by atoms with Crippen molar-refractivity contribution in [3.8, 4) is 0 Å². The first-order chi connectivity index (χ1) is 10.1. The topological polar surface area (TPSA) is 24.9 Å². The van der Waals surface area contributed by atoms with E-state index in [1.807, 2.05) is 6.20 Å². The van der Waals surface area contributed by atoms with Gasteiger partial charge in [-0.2, -0.15) is 0 Å². The van der Waals surface area contributed by atoms with Crippen molar-refractivity contribution < 1.29 is 0 Å². The lowest BCUT2D eigenvalue weighted by Gasteiger charge is -2.19. The summed E-state index contributed by atoms with van der Waals surface area (Å²) in [6, 6.07) is 11.1. The number of rotatable bonds is 6. The van der Waals surface area contributed by atoms with Gasteiger partial charge in [0.05, 0.1) is 11.7 Å². The SMILES string of the molecule is CCCNC(Cc1cc(C)ccc1C)c1ccc(Br)cn1. The Morgan fingerprint density at radius 1 is 1.19 bits per heavy atom. The summed E-state index contributed by atoms with van der Waals surface area (Å²) in [6.07, 6.45) is 3.97. The Kier molecular flexibility index (Phi) is 5.95. The van der Waals surface area contributed by atoms with Crippen LogP contribution in [0.2, 0.25) is 0 Å². The average molecular weight is 347 g/mol. The van der Waals surface area contributed by atoms with Crippen molar-refractivity contribution in [3.05, 3.63) is 63.4 Å². The minimum atomic E-state index is 0.263. The molecule has 0 saturated heterocycles. The summed E-state index contributed by atoms with van der Waals surface area (Å²) in [4.78, 5) is 4.57. The molecule has 0 fully saturated rings. The largest absolute Gasteiger partial charge is 0.308 e. The third kappa shape index (κ3) is 4.65. The summed E-state index contributed by atoms with van der Waals surface area (Å²) in [5.41, 5.74) is 5.16. The van der Waals surface area contributed by atoms with Crippen LogP contribution in [0.5, 0.6) is 0 Å².